The van der Waals surface area contributed by atoms with Crippen LogP contribution in [0.4, 0.5) is 0 Å². The zero-order valence-electron chi connectivity index (χ0n) is 12.9. The van der Waals surface area contributed by atoms with Crippen molar-refractivity contribution in [2.45, 2.75) is 38.5 Å². The molecule has 2 N–H and O–H groups in total. The van der Waals surface area contributed by atoms with E-state index in [1.165, 1.54) is 20.7 Å². The lowest BCUT2D eigenvalue weighted by Gasteiger charge is -2.08. The Morgan fingerprint density at radius 3 is 2.83 bits per heavy atom. The van der Waals surface area contributed by atoms with Gasteiger partial charge in [0.15, 0.2) is 0 Å². The molecule has 0 saturated heterocycles. The molecule has 2 aromatic heterocycles. The summed E-state index contributed by atoms with van der Waals surface area (Å²) in [4.78, 5) is 19.5. The molecule has 0 spiro atoms. The van der Waals surface area contributed by atoms with Crippen LogP contribution in [0.2, 0.25) is 0 Å². The Morgan fingerprint density at radius 1 is 1.17 bits per heavy atom. The van der Waals surface area contributed by atoms with E-state index in [1.807, 2.05) is 18.2 Å². The van der Waals surface area contributed by atoms with Crippen molar-refractivity contribution < 1.29 is 0 Å². The maximum atomic E-state index is 12.6. The first-order chi connectivity index (χ1) is 11.2. The van der Waals surface area contributed by atoms with Gasteiger partial charge in [0, 0.05) is 11.3 Å². The topological polar surface area (TPSA) is 60.9 Å². The molecule has 4 nitrogen and oxygen atoms in total. The van der Waals surface area contributed by atoms with E-state index in [2.05, 4.69) is 17.1 Å². The minimum atomic E-state index is -0.0795. The molecule has 0 atom stereocenters. The van der Waals surface area contributed by atoms with Crippen molar-refractivity contribution in [2.24, 2.45) is 0 Å². The van der Waals surface area contributed by atoms with E-state index >= 15 is 0 Å². The van der Waals surface area contributed by atoms with E-state index in [4.69, 9.17) is 5.84 Å². The van der Waals surface area contributed by atoms with E-state index in [0.717, 1.165) is 48.7 Å². The van der Waals surface area contributed by atoms with Crippen LogP contribution in [0, 0.1) is 0 Å². The van der Waals surface area contributed by atoms with Gasteiger partial charge in [-0.05, 0) is 43.2 Å². The maximum absolute atomic E-state index is 12.6. The first-order valence-corrected chi connectivity index (χ1v) is 8.91. The predicted octanol–water partition coefficient (Wildman–Crippen LogP) is 2.84. The summed E-state index contributed by atoms with van der Waals surface area (Å²) in [6.07, 6.45) is 5.82. The molecule has 1 aliphatic rings. The van der Waals surface area contributed by atoms with Crippen LogP contribution in [0.5, 0.6) is 0 Å². The Bertz CT molecular complexity index is 911. The summed E-state index contributed by atoms with van der Waals surface area (Å²) in [5, 5.41) is 0.761. The van der Waals surface area contributed by atoms with E-state index in [-0.39, 0.29) is 5.56 Å². The molecular weight excluding hydrogens is 306 g/mol. The number of rotatable bonds is 4. The van der Waals surface area contributed by atoms with E-state index in [0.29, 0.717) is 5.82 Å². The zero-order valence-corrected chi connectivity index (χ0v) is 13.7. The smallest absolute Gasteiger partial charge is 0.280 e. The fraction of sp³-hybridized carbons (Fsp3) is 0.333. The van der Waals surface area contributed by atoms with Crippen LogP contribution in [0.15, 0.2) is 35.1 Å². The summed E-state index contributed by atoms with van der Waals surface area (Å²) in [6, 6.07) is 10.4. The van der Waals surface area contributed by atoms with Crippen molar-refractivity contribution in [3.05, 3.63) is 62.5 Å². The van der Waals surface area contributed by atoms with Crippen molar-refractivity contribution >= 4 is 21.6 Å². The van der Waals surface area contributed by atoms with Gasteiger partial charge >= 0.3 is 0 Å². The number of aryl methyl sites for hydroxylation is 4. The normalized spacial score (nSPS) is 13.6. The average molecular weight is 325 g/mol. The number of hydrogen-bond donors (Lipinski definition) is 1. The minimum Gasteiger partial charge on any atom is -0.335 e. The van der Waals surface area contributed by atoms with Crippen LogP contribution in [0.3, 0.4) is 0 Å². The average Bonchev–Trinajstić information content (AvgIpc) is 3.13. The van der Waals surface area contributed by atoms with Crippen LogP contribution in [0.1, 0.15) is 34.7 Å². The molecule has 1 aliphatic carbocycles. The fourth-order valence-corrected chi connectivity index (χ4v) is 4.64. The number of hydrogen-bond acceptors (Lipinski definition) is 4. The van der Waals surface area contributed by atoms with Gasteiger partial charge in [-0.15, -0.1) is 11.3 Å². The van der Waals surface area contributed by atoms with Crippen LogP contribution in [0.25, 0.3) is 10.2 Å². The molecule has 118 valence electrons. The van der Waals surface area contributed by atoms with Gasteiger partial charge in [-0.3, -0.25) is 4.79 Å². The number of benzene rings is 1. The van der Waals surface area contributed by atoms with Crippen molar-refractivity contribution in [1.82, 2.24) is 9.66 Å². The Morgan fingerprint density at radius 2 is 2.00 bits per heavy atom. The predicted molar refractivity (Wildman–Crippen MR) is 94.5 cm³/mol. The van der Waals surface area contributed by atoms with Crippen molar-refractivity contribution in [1.29, 1.82) is 0 Å². The van der Waals surface area contributed by atoms with E-state index < -0.39 is 0 Å². The summed E-state index contributed by atoms with van der Waals surface area (Å²) in [6.45, 7) is 0. The maximum Gasteiger partial charge on any atom is 0.280 e. The first kappa shape index (κ1) is 14.5. The van der Waals surface area contributed by atoms with Gasteiger partial charge in [0.2, 0.25) is 0 Å². The van der Waals surface area contributed by atoms with Crippen molar-refractivity contribution in [3.8, 4) is 0 Å². The Kier molecular flexibility index (Phi) is 3.65. The third-order valence-corrected chi connectivity index (χ3v) is 5.74. The van der Waals surface area contributed by atoms with Gasteiger partial charge < -0.3 is 5.84 Å². The van der Waals surface area contributed by atoms with Gasteiger partial charge in [0.1, 0.15) is 10.7 Å². The highest BCUT2D eigenvalue weighted by Gasteiger charge is 2.22. The molecule has 0 radical (unpaired) electrons. The summed E-state index contributed by atoms with van der Waals surface area (Å²) >= 11 is 1.67. The lowest BCUT2D eigenvalue weighted by molar-refractivity contribution is 0.718. The third-order valence-electron chi connectivity index (χ3n) is 4.55. The molecule has 5 heteroatoms. The number of nitrogen functional groups attached to an aromatic ring is 1. The largest absolute Gasteiger partial charge is 0.335 e. The van der Waals surface area contributed by atoms with E-state index in [1.54, 1.807) is 11.3 Å². The quantitative estimate of drug-likeness (QED) is 0.750. The fourth-order valence-electron chi connectivity index (χ4n) is 3.37. The van der Waals surface area contributed by atoms with E-state index in [9.17, 15) is 4.79 Å². The Labute approximate surface area is 138 Å². The second-order valence-corrected chi connectivity index (χ2v) is 7.16. The molecule has 0 aliphatic heterocycles. The summed E-state index contributed by atoms with van der Waals surface area (Å²) in [7, 11) is 0. The number of nitrogens with two attached hydrogens (primary N) is 1. The second kappa shape index (κ2) is 5.81. The number of thiophene rings is 1. The summed E-state index contributed by atoms with van der Waals surface area (Å²) < 4.78 is 1.26. The summed E-state index contributed by atoms with van der Waals surface area (Å²) in [5.74, 6) is 6.72. The van der Waals surface area contributed by atoms with Crippen LogP contribution >= 0.6 is 11.3 Å². The van der Waals surface area contributed by atoms with Gasteiger partial charge in [-0.2, -0.15) is 0 Å². The Balaban J connectivity index is 1.61. The molecule has 1 aromatic carbocycles. The van der Waals surface area contributed by atoms with Gasteiger partial charge in [-0.25, -0.2) is 9.66 Å². The van der Waals surface area contributed by atoms with Gasteiger partial charge in [0.05, 0.1) is 5.39 Å². The van der Waals surface area contributed by atoms with Gasteiger partial charge in [0.25, 0.3) is 5.56 Å². The molecule has 0 saturated carbocycles. The lowest BCUT2D eigenvalue weighted by atomic mass is 10.1. The highest BCUT2D eigenvalue weighted by molar-refractivity contribution is 7.18. The minimum absolute atomic E-state index is 0.0795. The molecule has 0 amide bonds. The molecule has 0 unspecified atom stereocenters. The van der Waals surface area contributed by atoms with Crippen LogP contribution in [-0.4, -0.2) is 9.66 Å². The molecule has 3 aromatic rings. The molecule has 0 fully saturated rings. The van der Waals surface area contributed by atoms with Crippen molar-refractivity contribution in [3.63, 3.8) is 0 Å². The number of aromatic nitrogens is 2. The van der Waals surface area contributed by atoms with Gasteiger partial charge in [-0.1, -0.05) is 30.3 Å². The molecule has 2 heterocycles. The lowest BCUT2D eigenvalue weighted by Crippen LogP contribution is -2.31. The summed E-state index contributed by atoms with van der Waals surface area (Å²) in [5.41, 5.74) is 2.41. The first-order valence-electron chi connectivity index (χ1n) is 8.09. The van der Waals surface area contributed by atoms with Crippen LogP contribution in [-0.2, 0) is 25.7 Å². The third kappa shape index (κ3) is 2.55. The Hall–Kier alpha value is -2.14. The van der Waals surface area contributed by atoms with Crippen LogP contribution < -0.4 is 11.4 Å². The molecule has 0 bridgehead atoms. The monoisotopic (exact) mass is 325 g/mol. The highest BCUT2D eigenvalue weighted by atomic mass is 32.1. The highest BCUT2D eigenvalue weighted by Crippen LogP contribution is 2.34. The molecular formula is C18H19N3OS. The number of fused-ring (bicyclic) bond motifs is 3. The second-order valence-electron chi connectivity index (χ2n) is 6.08. The standard InChI is InChI=1S/C18H19N3OS/c19-21-15(11-4-8-12-6-2-1-3-7-12)20-17-16(18(21)22)13-9-5-10-14(13)23-17/h1-3,6-7H,4-5,8-11,19H2. The zero-order chi connectivity index (χ0) is 15.8. The molecule has 23 heavy (non-hydrogen) atoms. The SMILES string of the molecule is Nn1c(CCCc2ccccc2)nc2sc3c(c2c1=O)CCC3. The van der Waals surface area contributed by atoms with Crippen molar-refractivity contribution in [2.75, 3.05) is 5.84 Å². The molecule has 4 rings (SSSR count). The number of nitrogens with zero attached hydrogens (tertiary/aromatic N) is 2.